The van der Waals surface area contributed by atoms with Gasteiger partial charge >= 0.3 is 0 Å². The van der Waals surface area contributed by atoms with Gasteiger partial charge < -0.3 is 10.6 Å². The van der Waals surface area contributed by atoms with Gasteiger partial charge in [-0.05, 0) is 29.2 Å². The lowest BCUT2D eigenvalue weighted by atomic mass is 9.89. The number of fused-ring (bicyclic) bond motifs is 1. The molecule has 0 fully saturated rings. The smallest absolute Gasteiger partial charge is 0.0600 e. The van der Waals surface area contributed by atoms with Gasteiger partial charge in [0.1, 0.15) is 0 Å². The predicted molar refractivity (Wildman–Crippen MR) is 76.0 cm³/mol. The van der Waals surface area contributed by atoms with E-state index in [-0.39, 0.29) is 0 Å². The van der Waals surface area contributed by atoms with Crippen LogP contribution in [0.5, 0.6) is 0 Å². The molecule has 2 N–H and O–H groups in total. The molecule has 2 aromatic carbocycles. The molecule has 1 aliphatic rings. The van der Waals surface area contributed by atoms with Gasteiger partial charge in [-0.3, -0.25) is 0 Å². The molecule has 0 spiro atoms. The lowest BCUT2D eigenvalue weighted by molar-refractivity contribution is 0.569. The fourth-order valence-electron chi connectivity index (χ4n) is 2.76. The third-order valence-corrected chi connectivity index (χ3v) is 3.65. The summed E-state index contributed by atoms with van der Waals surface area (Å²) in [7, 11) is 1.98. The molecule has 0 saturated carbocycles. The Morgan fingerprint density at radius 1 is 1.00 bits per heavy atom. The summed E-state index contributed by atoms with van der Waals surface area (Å²) >= 11 is 0. The van der Waals surface area contributed by atoms with E-state index in [0.717, 1.165) is 13.0 Å². The van der Waals surface area contributed by atoms with Gasteiger partial charge in [-0.1, -0.05) is 42.5 Å². The van der Waals surface area contributed by atoms with Crippen molar-refractivity contribution in [1.82, 2.24) is 5.32 Å². The Hall–Kier alpha value is -1.80. The molecular weight excluding hydrogens is 220 g/mol. The van der Waals surface area contributed by atoms with E-state index in [4.69, 9.17) is 0 Å². The first-order chi connectivity index (χ1) is 8.90. The first kappa shape index (κ1) is 11.3. The van der Waals surface area contributed by atoms with E-state index in [9.17, 15) is 0 Å². The van der Waals surface area contributed by atoms with E-state index >= 15 is 0 Å². The Bertz CT molecular complexity index is 548. The van der Waals surface area contributed by atoms with E-state index in [1.807, 2.05) is 7.05 Å². The molecule has 2 aromatic rings. The molecule has 0 aromatic heterocycles. The Kier molecular flexibility index (Phi) is 3.03. The van der Waals surface area contributed by atoms with Gasteiger partial charge in [-0.25, -0.2) is 0 Å². The highest BCUT2D eigenvalue weighted by molar-refractivity contribution is 5.55. The monoisotopic (exact) mass is 238 g/mol. The van der Waals surface area contributed by atoms with Crippen LogP contribution in [0.25, 0.3) is 0 Å². The molecule has 0 unspecified atom stereocenters. The van der Waals surface area contributed by atoms with Crippen molar-refractivity contribution in [3.05, 3.63) is 65.2 Å². The van der Waals surface area contributed by atoms with Crippen molar-refractivity contribution in [2.75, 3.05) is 18.9 Å². The molecule has 1 atom stereocenters. The average Bonchev–Trinajstić information content (AvgIpc) is 2.46. The maximum absolute atomic E-state index is 3.63. The number of anilines is 1. The first-order valence-corrected chi connectivity index (χ1v) is 6.48. The van der Waals surface area contributed by atoms with Crippen LogP contribution in [0.15, 0.2) is 48.5 Å². The number of benzene rings is 2. The zero-order chi connectivity index (χ0) is 12.4. The Balaban J connectivity index is 2.08. The van der Waals surface area contributed by atoms with Crippen LogP contribution >= 0.6 is 0 Å². The summed E-state index contributed by atoms with van der Waals surface area (Å²) in [5, 5.41) is 6.91. The van der Waals surface area contributed by atoms with Crippen LogP contribution in [0.4, 0.5) is 5.69 Å². The van der Waals surface area contributed by atoms with E-state index in [0.29, 0.717) is 6.04 Å². The molecular formula is C16H18N2. The fraction of sp³-hybridized carbons (Fsp3) is 0.250. The highest BCUT2D eigenvalue weighted by atomic mass is 14.9. The summed E-state index contributed by atoms with van der Waals surface area (Å²) in [5.41, 5.74) is 5.40. The molecule has 0 amide bonds. The summed E-state index contributed by atoms with van der Waals surface area (Å²) < 4.78 is 0. The molecule has 0 saturated heterocycles. The largest absolute Gasteiger partial charge is 0.388 e. The van der Waals surface area contributed by atoms with E-state index in [1.54, 1.807) is 0 Å². The summed E-state index contributed by atoms with van der Waals surface area (Å²) in [4.78, 5) is 0. The number of para-hydroxylation sites is 1. The minimum atomic E-state index is 0.304. The molecule has 3 rings (SSSR count). The van der Waals surface area contributed by atoms with Gasteiger partial charge in [0, 0.05) is 19.3 Å². The lowest BCUT2D eigenvalue weighted by Crippen LogP contribution is -2.30. The van der Waals surface area contributed by atoms with Gasteiger partial charge in [-0.2, -0.15) is 0 Å². The van der Waals surface area contributed by atoms with Crippen LogP contribution in [0.3, 0.4) is 0 Å². The van der Waals surface area contributed by atoms with Gasteiger partial charge in [0.2, 0.25) is 0 Å². The minimum absolute atomic E-state index is 0.304. The van der Waals surface area contributed by atoms with Gasteiger partial charge in [0.25, 0.3) is 0 Å². The van der Waals surface area contributed by atoms with Gasteiger partial charge in [0.15, 0.2) is 0 Å². The van der Waals surface area contributed by atoms with Crippen molar-refractivity contribution in [2.24, 2.45) is 0 Å². The second kappa shape index (κ2) is 4.83. The maximum atomic E-state index is 3.63. The Labute approximate surface area is 108 Å². The van der Waals surface area contributed by atoms with Crippen molar-refractivity contribution in [1.29, 1.82) is 0 Å². The minimum Gasteiger partial charge on any atom is -0.388 e. The number of rotatable bonds is 2. The molecule has 18 heavy (non-hydrogen) atoms. The molecule has 0 bridgehead atoms. The van der Waals surface area contributed by atoms with Crippen LogP contribution in [0.2, 0.25) is 0 Å². The molecule has 1 aliphatic heterocycles. The number of nitrogens with one attached hydrogen (secondary N) is 2. The first-order valence-electron chi connectivity index (χ1n) is 6.48. The van der Waals surface area contributed by atoms with Crippen LogP contribution in [-0.2, 0) is 6.42 Å². The van der Waals surface area contributed by atoms with E-state index in [1.165, 1.54) is 22.4 Å². The average molecular weight is 238 g/mol. The van der Waals surface area contributed by atoms with Crippen molar-refractivity contribution in [3.63, 3.8) is 0 Å². The van der Waals surface area contributed by atoms with Crippen LogP contribution in [0, 0.1) is 0 Å². The number of hydrogen-bond donors (Lipinski definition) is 2. The third kappa shape index (κ3) is 1.89. The van der Waals surface area contributed by atoms with Crippen molar-refractivity contribution >= 4 is 5.69 Å². The normalized spacial score (nSPS) is 18.2. The molecule has 0 radical (unpaired) electrons. The van der Waals surface area contributed by atoms with Crippen LogP contribution < -0.4 is 10.6 Å². The van der Waals surface area contributed by atoms with E-state index in [2.05, 4.69) is 59.2 Å². The molecule has 2 heteroatoms. The van der Waals surface area contributed by atoms with E-state index < -0.39 is 0 Å². The highest BCUT2D eigenvalue weighted by Crippen LogP contribution is 2.32. The molecule has 92 valence electrons. The van der Waals surface area contributed by atoms with Crippen molar-refractivity contribution in [3.8, 4) is 0 Å². The second-order valence-electron chi connectivity index (χ2n) is 4.67. The quantitative estimate of drug-likeness (QED) is 0.840. The SMILES string of the molecule is CNc1ccccc1[C@@H]1NCCc2ccccc21. The maximum Gasteiger partial charge on any atom is 0.0600 e. The Morgan fingerprint density at radius 3 is 2.56 bits per heavy atom. The van der Waals surface area contributed by atoms with Crippen molar-refractivity contribution < 1.29 is 0 Å². The molecule has 0 aliphatic carbocycles. The fourth-order valence-corrected chi connectivity index (χ4v) is 2.76. The molecule has 1 heterocycles. The zero-order valence-electron chi connectivity index (χ0n) is 10.6. The zero-order valence-corrected chi connectivity index (χ0v) is 10.6. The summed E-state index contributed by atoms with van der Waals surface area (Å²) in [5.74, 6) is 0. The van der Waals surface area contributed by atoms with Crippen molar-refractivity contribution in [2.45, 2.75) is 12.5 Å². The third-order valence-electron chi connectivity index (χ3n) is 3.65. The molecule has 2 nitrogen and oxygen atoms in total. The van der Waals surface area contributed by atoms with Crippen LogP contribution in [-0.4, -0.2) is 13.6 Å². The second-order valence-corrected chi connectivity index (χ2v) is 4.67. The Morgan fingerprint density at radius 2 is 1.72 bits per heavy atom. The summed E-state index contributed by atoms with van der Waals surface area (Å²) in [6.07, 6.45) is 1.12. The van der Waals surface area contributed by atoms with Crippen LogP contribution in [0.1, 0.15) is 22.7 Å². The predicted octanol–water partition coefficient (Wildman–Crippen LogP) is 2.96. The van der Waals surface area contributed by atoms with Gasteiger partial charge in [-0.15, -0.1) is 0 Å². The number of hydrogen-bond acceptors (Lipinski definition) is 2. The summed E-state index contributed by atoms with van der Waals surface area (Å²) in [6.45, 7) is 1.04. The summed E-state index contributed by atoms with van der Waals surface area (Å²) in [6, 6.07) is 17.5. The lowest BCUT2D eigenvalue weighted by Gasteiger charge is -2.28. The highest BCUT2D eigenvalue weighted by Gasteiger charge is 2.22. The standard InChI is InChI=1S/C16H18N2/c1-17-15-9-5-4-8-14(15)16-13-7-3-2-6-12(13)10-11-18-16/h2-9,16-18H,10-11H2,1H3/t16-/m1/s1. The van der Waals surface area contributed by atoms with Gasteiger partial charge in [0.05, 0.1) is 6.04 Å². The topological polar surface area (TPSA) is 24.1 Å².